The third-order valence-electron chi connectivity index (χ3n) is 3.21. The monoisotopic (exact) mass is 357 g/mol. The van der Waals surface area contributed by atoms with Crippen molar-refractivity contribution in [2.24, 2.45) is 0 Å². The van der Waals surface area contributed by atoms with Gasteiger partial charge >= 0.3 is 5.97 Å². The topological polar surface area (TPSA) is 48.0 Å². The molecule has 1 aromatic carbocycles. The van der Waals surface area contributed by atoms with Crippen LogP contribution in [0.1, 0.15) is 19.4 Å². The fraction of sp³-hybridized carbons (Fsp3) is 0.533. The van der Waals surface area contributed by atoms with E-state index in [0.717, 1.165) is 28.1 Å². The molecule has 1 aliphatic heterocycles. The molecule has 21 heavy (non-hydrogen) atoms. The summed E-state index contributed by atoms with van der Waals surface area (Å²) >= 11 is 3.55. The Morgan fingerprint density at radius 2 is 1.95 bits per heavy atom. The lowest BCUT2D eigenvalue weighted by Crippen LogP contribution is -2.30. The minimum Gasteiger partial charge on any atom is -0.486 e. The molecule has 5 nitrogen and oxygen atoms in total. The summed E-state index contributed by atoms with van der Waals surface area (Å²) < 4.78 is 17.1. The Labute approximate surface area is 133 Å². The highest BCUT2D eigenvalue weighted by molar-refractivity contribution is 9.10. The standard InChI is InChI=1S/C15H20BrNO4/c1-3-17(10-15(18)19-4-2)9-11-7-13-14(8-12(11)16)21-6-5-20-13/h7-8H,3-6,9-10H2,1-2H3. The number of benzene rings is 1. The maximum Gasteiger partial charge on any atom is 0.320 e. The van der Waals surface area contributed by atoms with Crippen LogP contribution in [0.2, 0.25) is 0 Å². The summed E-state index contributed by atoms with van der Waals surface area (Å²) in [5, 5.41) is 0. The average Bonchev–Trinajstić information content (AvgIpc) is 2.47. The molecule has 0 radical (unpaired) electrons. The van der Waals surface area contributed by atoms with Crippen molar-refractivity contribution in [2.75, 3.05) is 32.9 Å². The predicted molar refractivity (Wildman–Crippen MR) is 82.7 cm³/mol. The molecule has 0 unspecified atom stereocenters. The Morgan fingerprint density at radius 3 is 2.57 bits per heavy atom. The fourth-order valence-corrected chi connectivity index (χ4v) is 2.58. The highest BCUT2D eigenvalue weighted by Gasteiger charge is 2.17. The zero-order valence-corrected chi connectivity index (χ0v) is 13.9. The van der Waals surface area contributed by atoms with Gasteiger partial charge in [-0.05, 0) is 31.2 Å². The van der Waals surface area contributed by atoms with E-state index < -0.39 is 0 Å². The molecule has 0 atom stereocenters. The van der Waals surface area contributed by atoms with E-state index in [1.807, 2.05) is 30.9 Å². The van der Waals surface area contributed by atoms with Gasteiger partial charge in [-0.1, -0.05) is 22.9 Å². The highest BCUT2D eigenvalue weighted by Crippen LogP contribution is 2.35. The van der Waals surface area contributed by atoms with Crippen LogP contribution in [0.5, 0.6) is 11.5 Å². The third kappa shape index (κ3) is 4.35. The number of hydrogen-bond donors (Lipinski definition) is 0. The number of rotatable bonds is 6. The van der Waals surface area contributed by atoms with E-state index in [1.165, 1.54) is 0 Å². The summed E-state index contributed by atoms with van der Waals surface area (Å²) in [7, 11) is 0. The molecule has 0 amide bonds. The molecule has 1 aromatic rings. The number of esters is 1. The third-order valence-corrected chi connectivity index (χ3v) is 3.95. The van der Waals surface area contributed by atoms with Crippen LogP contribution >= 0.6 is 15.9 Å². The Morgan fingerprint density at radius 1 is 1.29 bits per heavy atom. The number of nitrogens with zero attached hydrogens (tertiary/aromatic N) is 1. The van der Waals surface area contributed by atoms with E-state index in [4.69, 9.17) is 14.2 Å². The van der Waals surface area contributed by atoms with Crippen molar-refractivity contribution in [1.82, 2.24) is 4.90 Å². The van der Waals surface area contributed by atoms with Gasteiger partial charge in [0.1, 0.15) is 13.2 Å². The van der Waals surface area contributed by atoms with E-state index in [2.05, 4.69) is 15.9 Å². The highest BCUT2D eigenvalue weighted by atomic mass is 79.9. The van der Waals surface area contributed by atoms with Crippen LogP contribution in [0.4, 0.5) is 0 Å². The molecule has 2 rings (SSSR count). The number of carbonyl (C=O) groups is 1. The number of halogens is 1. The molecule has 6 heteroatoms. The maximum absolute atomic E-state index is 11.6. The quantitative estimate of drug-likeness (QED) is 0.732. The molecular formula is C15H20BrNO4. The van der Waals surface area contributed by atoms with Gasteiger partial charge in [0.2, 0.25) is 0 Å². The molecule has 116 valence electrons. The normalized spacial score (nSPS) is 13.3. The molecule has 0 aromatic heterocycles. The summed E-state index contributed by atoms with van der Waals surface area (Å²) in [6, 6.07) is 3.88. The van der Waals surface area contributed by atoms with Crippen molar-refractivity contribution in [1.29, 1.82) is 0 Å². The van der Waals surface area contributed by atoms with Gasteiger partial charge in [-0.25, -0.2) is 0 Å². The molecule has 0 saturated heterocycles. The summed E-state index contributed by atoms with van der Waals surface area (Å²) in [4.78, 5) is 13.6. The number of carbonyl (C=O) groups excluding carboxylic acids is 1. The van der Waals surface area contributed by atoms with Crippen LogP contribution in [-0.2, 0) is 16.1 Å². The average molecular weight is 358 g/mol. The van der Waals surface area contributed by atoms with E-state index in [-0.39, 0.29) is 12.5 Å². The first-order valence-electron chi connectivity index (χ1n) is 7.10. The second-order valence-corrected chi connectivity index (χ2v) is 5.55. The number of hydrogen-bond acceptors (Lipinski definition) is 5. The SMILES string of the molecule is CCOC(=O)CN(CC)Cc1cc2c(cc1Br)OCCO2. The van der Waals surface area contributed by atoms with Gasteiger partial charge in [-0.3, -0.25) is 9.69 Å². The molecule has 0 bridgehead atoms. The second-order valence-electron chi connectivity index (χ2n) is 4.70. The van der Waals surface area contributed by atoms with Gasteiger partial charge in [0.15, 0.2) is 11.5 Å². The van der Waals surface area contributed by atoms with Crippen molar-refractivity contribution in [3.05, 3.63) is 22.2 Å². The van der Waals surface area contributed by atoms with Crippen LogP contribution in [0.25, 0.3) is 0 Å². The zero-order valence-electron chi connectivity index (χ0n) is 12.4. The van der Waals surface area contributed by atoms with Gasteiger partial charge in [-0.15, -0.1) is 0 Å². The van der Waals surface area contributed by atoms with E-state index in [9.17, 15) is 4.79 Å². The van der Waals surface area contributed by atoms with E-state index >= 15 is 0 Å². The van der Waals surface area contributed by atoms with E-state index in [0.29, 0.717) is 26.4 Å². The lowest BCUT2D eigenvalue weighted by molar-refractivity contribution is -0.144. The summed E-state index contributed by atoms with van der Waals surface area (Å²) in [5.74, 6) is 1.31. The first-order valence-corrected chi connectivity index (χ1v) is 7.89. The molecule has 0 N–H and O–H groups in total. The van der Waals surface area contributed by atoms with Crippen LogP contribution in [0.15, 0.2) is 16.6 Å². The van der Waals surface area contributed by atoms with Crippen LogP contribution in [0.3, 0.4) is 0 Å². The molecule has 1 aliphatic rings. The van der Waals surface area contributed by atoms with Crippen LogP contribution in [-0.4, -0.2) is 43.8 Å². The molecular weight excluding hydrogens is 338 g/mol. The molecule has 0 fully saturated rings. The maximum atomic E-state index is 11.6. The Bertz CT molecular complexity index is 507. The Hall–Kier alpha value is -1.27. The lowest BCUT2D eigenvalue weighted by atomic mass is 10.1. The zero-order chi connectivity index (χ0) is 15.2. The Kier molecular flexibility index (Phi) is 5.87. The summed E-state index contributed by atoms with van der Waals surface area (Å²) in [6.45, 7) is 7.06. The van der Waals surface area contributed by atoms with Crippen molar-refractivity contribution in [2.45, 2.75) is 20.4 Å². The van der Waals surface area contributed by atoms with Gasteiger partial charge < -0.3 is 14.2 Å². The van der Waals surface area contributed by atoms with E-state index in [1.54, 1.807) is 0 Å². The smallest absolute Gasteiger partial charge is 0.320 e. The molecule has 0 aliphatic carbocycles. The van der Waals surface area contributed by atoms with Gasteiger partial charge in [0, 0.05) is 11.0 Å². The van der Waals surface area contributed by atoms with Crippen LogP contribution < -0.4 is 9.47 Å². The molecule has 0 saturated carbocycles. The van der Waals surface area contributed by atoms with Crippen molar-refractivity contribution >= 4 is 21.9 Å². The first-order chi connectivity index (χ1) is 10.1. The number of ether oxygens (including phenoxy) is 3. The predicted octanol–water partition coefficient (Wildman–Crippen LogP) is 2.61. The summed E-state index contributed by atoms with van der Waals surface area (Å²) in [6.07, 6.45) is 0. The second kappa shape index (κ2) is 7.66. The number of fused-ring (bicyclic) bond motifs is 1. The first kappa shape index (κ1) is 16.1. The van der Waals surface area contributed by atoms with Crippen molar-refractivity contribution < 1.29 is 19.0 Å². The lowest BCUT2D eigenvalue weighted by Gasteiger charge is -2.23. The van der Waals surface area contributed by atoms with Gasteiger partial charge in [0.25, 0.3) is 0 Å². The van der Waals surface area contributed by atoms with Gasteiger partial charge in [0.05, 0.1) is 13.2 Å². The van der Waals surface area contributed by atoms with Crippen molar-refractivity contribution in [3.63, 3.8) is 0 Å². The number of likely N-dealkylation sites (N-methyl/N-ethyl adjacent to an activating group) is 1. The van der Waals surface area contributed by atoms with Crippen molar-refractivity contribution in [3.8, 4) is 11.5 Å². The molecule has 0 spiro atoms. The molecule has 1 heterocycles. The minimum atomic E-state index is -0.201. The fourth-order valence-electron chi connectivity index (χ4n) is 2.14. The summed E-state index contributed by atoms with van der Waals surface area (Å²) in [5.41, 5.74) is 1.06. The van der Waals surface area contributed by atoms with Crippen LogP contribution in [0, 0.1) is 0 Å². The minimum absolute atomic E-state index is 0.201. The largest absolute Gasteiger partial charge is 0.486 e. The Balaban J connectivity index is 2.08. The van der Waals surface area contributed by atoms with Gasteiger partial charge in [-0.2, -0.15) is 0 Å².